The van der Waals surface area contributed by atoms with Gasteiger partial charge >= 0.3 is 0 Å². The van der Waals surface area contributed by atoms with Gasteiger partial charge in [-0.15, -0.1) is 0 Å². The van der Waals surface area contributed by atoms with Crippen molar-refractivity contribution in [2.75, 3.05) is 9.80 Å². The molecule has 0 aliphatic carbocycles. The Bertz CT molecular complexity index is 4680. The molecule has 17 rings (SSSR count). The zero-order valence-corrected chi connectivity index (χ0v) is 41.0. The van der Waals surface area contributed by atoms with Crippen molar-refractivity contribution >= 4 is 143 Å². The van der Waals surface area contributed by atoms with Crippen molar-refractivity contribution in [2.45, 2.75) is 38.5 Å². The molecule has 15 aromatic rings. The molecule has 6 heteroatoms. The van der Waals surface area contributed by atoms with E-state index in [4.69, 9.17) is 17.7 Å². The maximum absolute atomic E-state index is 7.32. The lowest BCUT2D eigenvalue weighted by atomic mass is 9.71. The first-order valence-corrected chi connectivity index (χ1v) is 25.6. The maximum atomic E-state index is 7.32. The maximum Gasteiger partial charge on any atom is 0.141 e. The van der Waals surface area contributed by atoms with Gasteiger partial charge in [0.15, 0.2) is 0 Å². The van der Waals surface area contributed by atoms with E-state index in [0.29, 0.717) is 0 Å². The normalized spacial score (nSPS) is 14.9. The summed E-state index contributed by atoms with van der Waals surface area (Å²) in [5.41, 5.74) is 17.5. The molecule has 6 heterocycles. The van der Waals surface area contributed by atoms with E-state index in [-0.39, 0.29) is 0 Å². The van der Waals surface area contributed by atoms with E-state index in [1.807, 2.05) is 24.3 Å². The van der Waals surface area contributed by atoms with E-state index in [1.165, 1.54) is 32.7 Å². The Balaban J connectivity index is 0.892. The van der Waals surface area contributed by atoms with Gasteiger partial charge in [-0.3, -0.25) is 0 Å². The predicted molar refractivity (Wildman–Crippen MR) is 304 cm³/mol. The number of anilines is 6. The number of fused-ring (bicyclic) bond motifs is 22. The number of para-hydroxylation sites is 2. The predicted octanol–water partition coefficient (Wildman–Crippen LogP) is 19.8. The quantitative estimate of drug-likeness (QED) is 0.172. The van der Waals surface area contributed by atoms with Gasteiger partial charge in [0.05, 0.1) is 22.7 Å². The highest BCUT2D eigenvalue weighted by molar-refractivity contribution is 6.19. The van der Waals surface area contributed by atoms with Crippen LogP contribution in [0.15, 0.2) is 212 Å². The first-order chi connectivity index (χ1) is 36.2. The smallest absolute Gasteiger partial charge is 0.141 e. The summed E-state index contributed by atoms with van der Waals surface area (Å²) in [6.45, 7) is 9.44. The molecular formula is C68H44N2O4. The van der Waals surface area contributed by atoms with Crippen LogP contribution in [0.25, 0.3) is 109 Å². The van der Waals surface area contributed by atoms with Gasteiger partial charge in [-0.1, -0.05) is 125 Å². The molecule has 4 aromatic heterocycles. The van der Waals surface area contributed by atoms with Gasteiger partial charge in [0.1, 0.15) is 44.7 Å². The Labute approximate surface area is 423 Å². The van der Waals surface area contributed by atoms with Crippen LogP contribution in [-0.2, 0) is 10.8 Å². The average Bonchev–Trinajstić information content (AvgIpc) is 4.20. The molecule has 0 bridgehead atoms. The molecule has 0 fully saturated rings. The zero-order chi connectivity index (χ0) is 48.9. The monoisotopic (exact) mass is 952 g/mol. The molecule has 2 aliphatic heterocycles. The number of furan rings is 4. The lowest BCUT2D eigenvalue weighted by molar-refractivity contribution is 0.604. The summed E-state index contributed by atoms with van der Waals surface area (Å²) in [5, 5.41) is 13.4. The van der Waals surface area contributed by atoms with Crippen molar-refractivity contribution in [3.8, 4) is 0 Å². The van der Waals surface area contributed by atoms with Crippen molar-refractivity contribution in [3.63, 3.8) is 0 Å². The van der Waals surface area contributed by atoms with Crippen molar-refractivity contribution < 1.29 is 17.7 Å². The van der Waals surface area contributed by atoms with Crippen LogP contribution in [0.3, 0.4) is 0 Å². The fraction of sp³-hybridized carbons (Fsp3) is 0.0882. The van der Waals surface area contributed by atoms with Crippen LogP contribution in [0.2, 0.25) is 0 Å². The van der Waals surface area contributed by atoms with Crippen molar-refractivity contribution in [1.29, 1.82) is 0 Å². The number of hydrogen-bond donors (Lipinski definition) is 0. The van der Waals surface area contributed by atoms with Gasteiger partial charge in [0.2, 0.25) is 0 Å². The van der Waals surface area contributed by atoms with E-state index < -0.39 is 10.8 Å². The summed E-state index contributed by atoms with van der Waals surface area (Å²) >= 11 is 0. The van der Waals surface area contributed by atoms with Crippen LogP contribution >= 0.6 is 0 Å². The van der Waals surface area contributed by atoms with Crippen molar-refractivity contribution in [2.24, 2.45) is 0 Å². The first kappa shape index (κ1) is 40.3. The van der Waals surface area contributed by atoms with Crippen LogP contribution < -0.4 is 9.80 Å². The summed E-state index contributed by atoms with van der Waals surface area (Å²) in [7, 11) is 0. The van der Waals surface area contributed by atoms with E-state index in [0.717, 1.165) is 133 Å². The second kappa shape index (κ2) is 13.8. The zero-order valence-electron chi connectivity index (χ0n) is 41.0. The fourth-order valence-corrected chi connectivity index (χ4v) is 13.7. The molecule has 6 nitrogen and oxygen atoms in total. The highest BCUT2D eigenvalue weighted by Crippen LogP contribution is 2.59. The summed E-state index contributed by atoms with van der Waals surface area (Å²) < 4.78 is 27.3. The molecule has 0 amide bonds. The highest BCUT2D eigenvalue weighted by atomic mass is 16.3. The number of nitrogens with zero attached hydrogens (tertiary/aromatic N) is 2. The van der Waals surface area contributed by atoms with Gasteiger partial charge < -0.3 is 27.5 Å². The molecule has 0 N–H and O–H groups in total. The Morgan fingerprint density at radius 1 is 0.270 bits per heavy atom. The summed E-state index contributed by atoms with van der Waals surface area (Å²) in [5.74, 6) is 0. The standard InChI is InChI=1S/C68H44N2O4/c1-67(2)61-41-15-7-5-13-37(41)21-27-51(61)69(39-23-31-57-47(33-39)43-17-9-11-19-55(43)71-57)53-29-25-45-49-35-60-50(36-59(49)73-65(45)63(53)67)46-26-30-54-64(66(46)74-60)68(3,4)62-42-16-8-6-14-38(42)22-28-52(62)70(54)40-24-32-58-48(34-40)44-18-10-12-20-56(44)72-58/h5-36H,1-4H3. The summed E-state index contributed by atoms with van der Waals surface area (Å²) in [6, 6.07) is 69.9. The third-order valence-electron chi connectivity index (χ3n) is 16.9. The Hall–Kier alpha value is -9.26. The largest absolute Gasteiger partial charge is 0.456 e. The third-order valence-corrected chi connectivity index (χ3v) is 16.9. The first-order valence-electron chi connectivity index (χ1n) is 25.6. The Morgan fingerprint density at radius 2 is 0.635 bits per heavy atom. The minimum absolute atomic E-state index is 0.445. The minimum Gasteiger partial charge on any atom is -0.456 e. The van der Waals surface area contributed by atoms with E-state index in [2.05, 4.69) is 207 Å². The van der Waals surface area contributed by atoms with E-state index in [9.17, 15) is 0 Å². The van der Waals surface area contributed by atoms with Gasteiger partial charge in [-0.05, 0) is 130 Å². The number of benzene rings is 11. The Kier molecular flexibility index (Phi) is 7.54. The average molecular weight is 953 g/mol. The topological polar surface area (TPSA) is 59.0 Å². The lowest BCUT2D eigenvalue weighted by Gasteiger charge is -2.42. The Morgan fingerprint density at radius 3 is 1.09 bits per heavy atom. The molecule has 350 valence electrons. The molecule has 0 spiro atoms. The van der Waals surface area contributed by atoms with Crippen LogP contribution in [-0.4, -0.2) is 0 Å². The van der Waals surface area contributed by atoms with Crippen LogP contribution in [0.4, 0.5) is 34.1 Å². The molecule has 0 atom stereocenters. The van der Waals surface area contributed by atoms with Gasteiger partial charge in [0.25, 0.3) is 0 Å². The summed E-state index contributed by atoms with van der Waals surface area (Å²) in [6.07, 6.45) is 0. The molecule has 74 heavy (non-hydrogen) atoms. The number of hydrogen-bond acceptors (Lipinski definition) is 6. The van der Waals surface area contributed by atoms with Crippen molar-refractivity contribution in [3.05, 3.63) is 216 Å². The van der Waals surface area contributed by atoms with E-state index in [1.54, 1.807) is 0 Å². The second-order valence-electron chi connectivity index (χ2n) is 21.6. The summed E-state index contributed by atoms with van der Waals surface area (Å²) in [4.78, 5) is 4.86. The molecular weight excluding hydrogens is 909 g/mol. The van der Waals surface area contributed by atoms with Crippen LogP contribution in [0.5, 0.6) is 0 Å². The molecule has 0 saturated carbocycles. The van der Waals surface area contributed by atoms with E-state index >= 15 is 0 Å². The molecule has 2 aliphatic rings. The second-order valence-corrected chi connectivity index (χ2v) is 21.6. The van der Waals surface area contributed by atoms with Crippen LogP contribution in [0, 0.1) is 0 Å². The molecule has 11 aromatic carbocycles. The SMILES string of the molecule is CC1(C)c2c(ccc3ccccc23)N(c2ccc3oc4ccccc4c3c2)c2ccc3c(oc4cc5c(cc43)oc3c4c(ccc35)N(c3ccc5oc6ccccc6c5c3)c3ccc5ccccc5c3C4(C)C)c21. The lowest BCUT2D eigenvalue weighted by Crippen LogP contribution is -2.31. The fourth-order valence-electron chi connectivity index (χ4n) is 13.7. The highest BCUT2D eigenvalue weighted by Gasteiger charge is 2.43. The minimum atomic E-state index is -0.445. The van der Waals surface area contributed by atoms with Crippen molar-refractivity contribution in [1.82, 2.24) is 0 Å². The number of rotatable bonds is 2. The van der Waals surface area contributed by atoms with Gasteiger partial charge in [-0.2, -0.15) is 0 Å². The third kappa shape index (κ3) is 5.09. The van der Waals surface area contributed by atoms with Crippen LogP contribution in [0.1, 0.15) is 49.9 Å². The molecule has 0 saturated heterocycles. The molecule has 0 unspecified atom stereocenters. The van der Waals surface area contributed by atoms with Gasteiger partial charge in [-0.25, -0.2) is 0 Å². The van der Waals surface area contributed by atoms with Gasteiger partial charge in [0, 0.05) is 76.4 Å². The molecule has 0 radical (unpaired) electrons.